The van der Waals surface area contributed by atoms with Gasteiger partial charge < -0.3 is 9.64 Å². The van der Waals surface area contributed by atoms with Crippen LogP contribution in [0.3, 0.4) is 0 Å². The second kappa shape index (κ2) is 10.7. The van der Waals surface area contributed by atoms with E-state index in [1.54, 1.807) is 7.11 Å². The number of methoxy groups -OCH3 is 1. The van der Waals surface area contributed by atoms with Gasteiger partial charge >= 0.3 is 0 Å². The van der Waals surface area contributed by atoms with Gasteiger partial charge in [0.25, 0.3) is 0 Å². The van der Waals surface area contributed by atoms with Crippen molar-refractivity contribution in [1.82, 2.24) is 14.9 Å². The number of amides is 1. The third-order valence-electron chi connectivity index (χ3n) is 5.62. The molecule has 2 heterocycles. The standard InChI is InChI=1S/C26H31N3O2/c1-5-26(30)29-17-22(18-29)10-6-8-19(2)12-13-23-16-27-25(28-20(23)3)15-21-9-7-11-24(14-21)31-4/h5,7,9,11-14,16,22H,1-2,6,8,10,15,17-18H2,3-4H3/b13-12-. The summed E-state index contributed by atoms with van der Waals surface area (Å²) in [6, 6.07) is 7.97. The van der Waals surface area contributed by atoms with Gasteiger partial charge in [-0.05, 0) is 55.9 Å². The molecule has 1 amide bonds. The molecule has 0 N–H and O–H groups in total. The maximum absolute atomic E-state index is 11.5. The minimum absolute atomic E-state index is 0.0377. The lowest BCUT2D eigenvalue weighted by Gasteiger charge is -2.38. The lowest BCUT2D eigenvalue weighted by atomic mass is 9.92. The van der Waals surface area contributed by atoms with Crippen molar-refractivity contribution < 1.29 is 9.53 Å². The molecule has 3 rings (SSSR count). The molecule has 1 fully saturated rings. The van der Waals surface area contributed by atoms with E-state index in [1.807, 2.05) is 42.3 Å². The molecule has 2 aromatic rings. The van der Waals surface area contributed by atoms with E-state index >= 15 is 0 Å². The molecule has 0 unspecified atom stereocenters. The van der Waals surface area contributed by atoms with E-state index in [0.717, 1.165) is 66.3 Å². The van der Waals surface area contributed by atoms with Crippen LogP contribution < -0.4 is 4.74 Å². The number of ether oxygens (including phenoxy) is 1. The van der Waals surface area contributed by atoms with Crippen LogP contribution in [-0.2, 0) is 11.2 Å². The van der Waals surface area contributed by atoms with Crippen LogP contribution in [0.5, 0.6) is 5.75 Å². The Morgan fingerprint density at radius 2 is 2.16 bits per heavy atom. The number of carbonyl (C=O) groups excluding carboxylic acids is 1. The summed E-state index contributed by atoms with van der Waals surface area (Å²) >= 11 is 0. The second-order valence-electron chi connectivity index (χ2n) is 8.05. The van der Waals surface area contributed by atoms with Gasteiger partial charge in [-0.2, -0.15) is 0 Å². The van der Waals surface area contributed by atoms with Crippen LogP contribution in [0.2, 0.25) is 0 Å². The SMILES string of the molecule is C=CC(=O)N1CC(CCCC(=C)/C=C\c2cnc(Cc3cccc(OC)c3)nc2C)C1. The monoisotopic (exact) mass is 417 g/mol. The topological polar surface area (TPSA) is 55.3 Å². The van der Waals surface area contributed by atoms with Crippen molar-refractivity contribution in [3.05, 3.63) is 84.0 Å². The quantitative estimate of drug-likeness (QED) is 0.413. The van der Waals surface area contributed by atoms with Crippen LogP contribution in [0.4, 0.5) is 0 Å². The van der Waals surface area contributed by atoms with Gasteiger partial charge in [-0.15, -0.1) is 0 Å². The number of likely N-dealkylation sites (tertiary alicyclic amines) is 1. The van der Waals surface area contributed by atoms with Crippen molar-refractivity contribution in [1.29, 1.82) is 0 Å². The van der Waals surface area contributed by atoms with Crippen molar-refractivity contribution in [3.63, 3.8) is 0 Å². The maximum atomic E-state index is 11.5. The van der Waals surface area contributed by atoms with Crippen LogP contribution in [0.25, 0.3) is 6.08 Å². The highest BCUT2D eigenvalue weighted by Crippen LogP contribution is 2.23. The molecule has 0 saturated carbocycles. The number of benzene rings is 1. The van der Waals surface area contributed by atoms with E-state index in [0.29, 0.717) is 12.3 Å². The molecule has 0 atom stereocenters. The fourth-order valence-electron chi connectivity index (χ4n) is 3.71. The molecule has 0 radical (unpaired) electrons. The highest BCUT2D eigenvalue weighted by molar-refractivity contribution is 5.87. The minimum atomic E-state index is 0.0377. The summed E-state index contributed by atoms with van der Waals surface area (Å²) in [5.74, 6) is 2.28. The van der Waals surface area contributed by atoms with Gasteiger partial charge in [0, 0.05) is 37.0 Å². The van der Waals surface area contributed by atoms with E-state index in [4.69, 9.17) is 4.74 Å². The van der Waals surface area contributed by atoms with E-state index in [-0.39, 0.29) is 5.91 Å². The van der Waals surface area contributed by atoms with Gasteiger partial charge in [0.15, 0.2) is 0 Å². The molecule has 1 saturated heterocycles. The van der Waals surface area contributed by atoms with Crippen LogP contribution in [0, 0.1) is 12.8 Å². The number of rotatable bonds is 10. The van der Waals surface area contributed by atoms with Crippen molar-refractivity contribution in [3.8, 4) is 5.75 Å². The molecular weight excluding hydrogens is 386 g/mol. The summed E-state index contributed by atoms with van der Waals surface area (Å²) in [6.07, 6.45) is 11.2. The molecule has 1 aliphatic heterocycles. The first kappa shape index (κ1) is 22.5. The zero-order chi connectivity index (χ0) is 22.2. The first-order valence-corrected chi connectivity index (χ1v) is 10.7. The van der Waals surface area contributed by atoms with Crippen LogP contribution in [0.1, 0.15) is 41.9 Å². The molecule has 1 aliphatic rings. The largest absolute Gasteiger partial charge is 0.497 e. The first-order valence-electron chi connectivity index (χ1n) is 10.7. The zero-order valence-electron chi connectivity index (χ0n) is 18.5. The molecule has 0 aliphatic carbocycles. The third-order valence-corrected chi connectivity index (χ3v) is 5.62. The number of hydrogen-bond acceptors (Lipinski definition) is 4. The highest BCUT2D eigenvalue weighted by atomic mass is 16.5. The minimum Gasteiger partial charge on any atom is -0.497 e. The first-order chi connectivity index (χ1) is 15.0. The van der Waals surface area contributed by atoms with Crippen molar-refractivity contribution in [2.45, 2.75) is 32.6 Å². The summed E-state index contributed by atoms with van der Waals surface area (Å²) in [6.45, 7) is 11.4. The average molecular weight is 418 g/mol. The van der Waals surface area contributed by atoms with Gasteiger partial charge in [0.2, 0.25) is 5.91 Å². The summed E-state index contributed by atoms with van der Waals surface area (Å²) in [5.41, 5.74) is 4.18. The summed E-state index contributed by atoms with van der Waals surface area (Å²) in [5, 5.41) is 0. The van der Waals surface area contributed by atoms with Crippen molar-refractivity contribution >= 4 is 12.0 Å². The maximum Gasteiger partial charge on any atom is 0.245 e. The molecule has 1 aromatic carbocycles. The molecule has 5 nitrogen and oxygen atoms in total. The van der Waals surface area contributed by atoms with Gasteiger partial charge in [-0.1, -0.05) is 43.0 Å². The molecular formula is C26H31N3O2. The van der Waals surface area contributed by atoms with Crippen molar-refractivity contribution in [2.24, 2.45) is 5.92 Å². The Balaban J connectivity index is 1.45. The predicted molar refractivity (Wildman–Crippen MR) is 125 cm³/mol. The van der Waals surface area contributed by atoms with E-state index in [2.05, 4.69) is 35.3 Å². The molecule has 5 heteroatoms. The molecule has 0 spiro atoms. The Morgan fingerprint density at radius 3 is 2.87 bits per heavy atom. The van der Waals surface area contributed by atoms with Gasteiger partial charge in [0.1, 0.15) is 11.6 Å². The van der Waals surface area contributed by atoms with Crippen molar-refractivity contribution in [2.75, 3.05) is 20.2 Å². The fraction of sp³-hybridized carbons (Fsp3) is 0.346. The number of nitrogens with zero attached hydrogens (tertiary/aromatic N) is 3. The Labute approximate surface area is 185 Å². The number of aromatic nitrogens is 2. The average Bonchev–Trinajstić information content (AvgIpc) is 2.74. The third kappa shape index (κ3) is 6.38. The van der Waals surface area contributed by atoms with E-state index in [1.165, 1.54) is 6.08 Å². The number of allylic oxidation sites excluding steroid dienone is 2. The Morgan fingerprint density at radius 1 is 1.35 bits per heavy atom. The number of aryl methyl sites for hydroxylation is 1. The summed E-state index contributed by atoms with van der Waals surface area (Å²) < 4.78 is 5.28. The Bertz CT molecular complexity index is 974. The van der Waals surface area contributed by atoms with Gasteiger partial charge in [-0.25, -0.2) is 9.97 Å². The number of carbonyl (C=O) groups is 1. The van der Waals surface area contributed by atoms with Crippen LogP contribution >= 0.6 is 0 Å². The second-order valence-corrected chi connectivity index (χ2v) is 8.05. The Kier molecular flexibility index (Phi) is 7.76. The van der Waals surface area contributed by atoms with Gasteiger partial charge in [-0.3, -0.25) is 4.79 Å². The Hall–Kier alpha value is -3.21. The molecule has 162 valence electrons. The van der Waals surface area contributed by atoms with E-state index < -0.39 is 0 Å². The predicted octanol–water partition coefficient (Wildman–Crippen LogP) is 4.77. The van der Waals surface area contributed by atoms with Crippen LogP contribution in [-0.4, -0.2) is 41.0 Å². The zero-order valence-corrected chi connectivity index (χ0v) is 18.5. The summed E-state index contributed by atoms with van der Waals surface area (Å²) in [4.78, 5) is 22.5. The highest BCUT2D eigenvalue weighted by Gasteiger charge is 2.28. The number of hydrogen-bond donors (Lipinski definition) is 0. The van der Waals surface area contributed by atoms with E-state index in [9.17, 15) is 4.79 Å². The lowest BCUT2D eigenvalue weighted by molar-refractivity contribution is -0.132. The smallest absolute Gasteiger partial charge is 0.245 e. The lowest BCUT2D eigenvalue weighted by Crippen LogP contribution is -2.49. The molecule has 1 aromatic heterocycles. The molecule has 31 heavy (non-hydrogen) atoms. The normalized spacial score (nSPS) is 13.8. The molecule has 0 bridgehead atoms. The fourth-order valence-corrected chi connectivity index (χ4v) is 3.71. The van der Waals surface area contributed by atoms with Gasteiger partial charge in [0.05, 0.1) is 7.11 Å². The summed E-state index contributed by atoms with van der Waals surface area (Å²) in [7, 11) is 1.67. The van der Waals surface area contributed by atoms with Crippen LogP contribution in [0.15, 0.2) is 61.3 Å².